The van der Waals surface area contributed by atoms with E-state index in [0.29, 0.717) is 16.8 Å². The average molecular weight is 370 g/mol. The van der Waals surface area contributed by atoms with Gasteiger partial charge < -0.3 is 4.74 Å². The van der Waals surface area contributed by atoms with Crippen LogP contribution in [0.25, 0.3) is 21.3 Å². The van der Waals surface area contributed by atoms with E-state index < -0.39 is 5.97 Å². The number of benzene rings is 1. The maximum absolute atomic E-state index is 12.9. The number of fused-ring (bicyclic) bond motifs is 1. The highest BCUT2D eigenvalue weighted by Gasteiger charge is 2.15. The van der Waals surface area contributed by atoms with Gasteiger partial charge in [0, 0.05) is 10.9 Å². The quantitative estimate of drug-likeness (QED) is 0.463. The fourth-order valence-electron chi connectivity index (χ4n) is 2.75. The first-order chi connectivity index (χ1) is 12.6. The first kappa shape index (κ1) is 18.3. The second-order valence-corrected chi connectivity index (χ2v) is 7.16. The standard InChI is InChI=1S/C20H22N2O3S/c1-3-4-5-10-25-17(23)11-22-13-21-19-18(20(22)24)16(12-26-19)15-8-6-14(2)7-9-15/h6-9,12-13H,3-5,10-11H2,1-2H3. The third kappa shape index (κ3) is 4.02. The van der Waals surface area contributed by atoms with Gasteiger partial charge in [0.1, 0.15) is 11.4 Å². The Balaban J connectivity index is 1.86. The fraction of sp³-hybridized carbons (Fsp3) is 0.350. The third-order valence-electron chi connectivity index (χ3n) is 4.23. The summed E-state index contributed by atoms with van der Waals surface area (Å²) < 4.78 is 6.53. The van der Waals surface area contributed by atoms with E-state index in [-0.39, 0.29) is 12.1 Å². The Morgan fingerprint density at radius 1 is 1.23 bits per heavy atom. The summed E-state index contributed by atoms with van der Waals surface area (Å²) in [5.74, 6) is -0.406. The van der Waals surface area contributed by atoms with E-state index in [1.54, 1.807) is 0 Å². The molecule has 0 aliphatic heterocycles. The molecule has 5 nitrogen and oxygen atoms in total. The minimum Gasteiger partial charge on any atom is -0.464 e. The van der Waals surface area contributed by atoms with Gasteiger partial charge in [-0.1, -0.05) is 49.6 Å². The number of carbonyl (C=O) groups excluding carboxylic acids is 1. The number of hydrogen-bond donors (Lipinski definition) is 0. The number of unbranched alkanes of at least 4 members (excludes halogenated alkanes) is 2. The van der Waals surface area contributed by atoms with Gasteiger partial charge in [-0.15, -0.1) is 11.3 Å². The highest BCUT2D eigenvalue weighted by Crippen LogP contribution is 2.30. The lowest BCUT2D eigenvalue weighted by Crippen LogP contribution is -2.25. The van der Waals surface area contributed by atoms with Crippen LogP contribution in [0.2, 0.25) is 0 Å². The Kier molecular flexibility index (Phi) is 5.83. The molecular formula is C20H22N2O3S. The molecule has 0 N–H and O–H groups in total. The predicted octanol–water partition coefficient (Wildman–Crippen LogP) is 4.17. The van der Waals surface area contributed by atoms with Crippen molar-refractivity contribution >= 4 is 27.5 Å². The molecule has 6 heteroatoms. The van der Waals surface area contributed by atoms with Crippen LogP contribution in [-0.2, 0) is 16.1 Å². The molecule has 0 bridgehead atoms. The number of thiophene rings is 1. The molecule has 2 heterocycles. The van der Waals surface area contributed by atoms with Crippen LogP contribution in [0.15, 0.2) is 40.8 Å². The molecule has 0 aliphatic carbocycles. The lowest BCUT2D eigenvalue weighted by atomic mass is 10.1. The summed E-state index contributed by atoms with van der Waals surface area (Å²) in [7, 11) is 0. The van der Waals surface area contributed by atoms with Crippen molar-refractivity contribution in [3.8, 4) is 11.1 Å². The van der Waals surface area contributed by atoms with E-state index >= 15 is 0 Å². The number of aromatic nitrogens is 2. The predicted molar refractivity (Wildman–Crippen MR) is 105 cm³/mol. The van der Waals surface area contributed by atoms with Crippen molar-refractivity contribution in [3.63, 3.8) is 0 Å². The van der Waals surface area contributed by atoms with Gasteiger partial charge >= 0.3 is 5.97 Å². The molecule has 2 aromatic heterocycles. The topological polar surface area (TPSA) is 61.2 Å². The summed E-state index contributed by atoms with van der Waals surface area (Å²) in [5.41, 5.74) is 2.78. The van der Waals surface area contributed by atoms with Gasteiger partial charge in [-0.3, -0.25) is 14.2 Å². The summed E-state index contributed by atoms with van der Waals surface area (Å²) in [6.45, 7) is 4.40. The fourth-order valence-corrected chi connectivity index (χ4v) is 3.66. The molecular weight excluding hydrogens is 348 g/mol. The van der Waals surface area contributed by atoms with Gasteiger partial charge in [0.25, 0.3) is 5.56 Å². The summed E-state index contributed by atoms with van der Waals surface area (Å²) in [5, 5.41) is 2.50. The molecule has 0 fully saturated rings. The van der Waals surface area contributed by atoms with Crippen molar-refractivity contribution in [3.05, 3.63) is 51.9 Å². The van der Waals surface area contributed by atoms with Crippen LogP contribution in [0.1, 0.15) is 31.7 Å². The van der Waals surface area contributed by atoms with Crippen molar-refractivity contribution in [2.45, 2.75) is 39.7 Å². The zero-order chi connectivity index (χ0) is 18.5. The third-order valence-corrected chi connectivity index (χ3v) is 5.12. The van der Waals surface area contributed by atoms with Gasteiger partial charge in [-0.2, -0.15) is 0 Å². The Labute approximate surface area is 156 Å². The molecule has 0 aliphatic rings. The van der Waals surface area contributed by atoms with Crippen LogP contribution >= 0.6 is 11.3 Å². The lowest BCUT2D eigenvalue weighted by Gasteiger charge is -2.07. The molecule has 0 atom stereocenters. The van der Waals surface area contributed by atoms with Crippen LogP contribution in [0.5, 0.6) is 0 Å². The molecule has 0 spiro atoms. The molecule has 1 aromatic carbocycles. The van der Waals surface area contributed by atoms with Crippen molar-refractivity contribution in [1.82, 2.24) is 9.55 Å². The lowest BCUT2D eigenvalue weighted by molar-refractivity contribution is -0.144. The number of hydrogen-bond acceptors (Lipinski definition) is 5. The number of nitrogens with zero attached hydrogens (tertiary/aromatic N) is 2. The molecule has 0 saturated carbocycles. The van der Waals surface area contributed by atoms with Gasteiger partial charge in [0.05, 0.1) is 18.3 Å². The number of carbonyl (C=O) groups is 1. The van der Waals surface area contributed by atoms with Crippen molar-refractivity contribution in [2.24, 2.45) is 0 Å². The SMILES string of the molecule is CCCCCOC(=O)Cn1cnc2scc(-c3ccc(C)cc3)c2c1=O. The van der Waals surface area contributed by atoms with Crippen LogP contribution < -0.4 is 5.56 Å². The van der Waals surface area contributed by atoms with E-state index in [4.69, 9.17) is 4.74 Å². The number of esters is 1. The molecule has 3 rings (SSSR count). The van der Waals surface area contributed by atoms with Gasteiger partial charge in [-0.25, -0.2) is 4.98 Å². The van der Waals surface area contributed by atoms with E-state index in [9.17, 15) is 9.59 Å². The zero-order valence-electron chi connectivity index (χ0n) is 15.0. The Bertz CT molecular complexity index is 957. The first-order valence-corrected chi connectivity index (χ1v) is 9.67. The minimum absolute atomic E-state index is 0.114. The van der Waals surface area contributed by atoms with Crippen molar-refractivity contribution in [2.75, 3.05) is 6.61 Å². The number of aryl methyl sites for hydroxylation is 1. The van der Waals surface area contributed by atoms with Crippen molar-refractivity contribution in [1.29, 1.82) is 0 Å². The highest BCUT2D eigenvalue weighted by molar-refractivity contribution is 7.17. The zero-order valence-corrected chi connectivity index (χ0v) is 15.8. The second-order valence-electron chi connectivity index (χ2n) is 6.30. The summed E-state index contributed by atoms with van der Waals surface area (Å²) in [6.07, 6.45) is 4.36. The molecule has 0 amide bonds. The second kappa shape index (κ2) is 8.27. The average Bonchev–Trinajstić information content (AvgIpc) is 3.07. The smallest absolute Gasteiger partial charge is 0.326 e. The van der Waals surface area contributed by atoms with E-state index in [0.717, 1.165) is 36.0 Å². The first-order valence-electron chi connectivity index (χ1n) is 8.79. The van der Waals surface area contributed by atoms with Crippen molar-refractivity contribution < 1.29 is 9.53 Å². The molecule has 136 valence electrons. The maximum Gasteiger partial charge on any atom is 0.326 e. The van der Waals surface area contributed by atoms with E-state index in [1.807, 2.05) is 36.6 Å². The van der Waals surface area contributed by atoms with Gasteiger partial charge in [-0.05, 0) is 18.9 Å². The Morgan fingerprint density at radius 2 is 2.00 bits per heavy atom. The van der Waals surface area contributed by atoms with Gasteiger partial charge in [0.2, 0.25) is 0 Å². The number of ether oxygens (including phenoxy) is 1. The van der Waals surface area contributed by atoms with Crippen LogP contribution in [0.3, 0.4) is 0 Å². The van der Waals surface area contributed by atoms with Crippen LogP contribution in [0, 0.1) is 6.92 Å². The largest absolute Gasteiger partial charge is 0.464 e. The molecule has 3 aromatic rings. The monoisotopic (exact) mass is 370 g/mol. The van der Waals surface area contributed by atoms with Crippen LogP contribution in [-0.4, -0.2) is 22.1 Å². The maximum atomic E-state index is 12.9. The van der Waals surface area contributed by atoms with Crippen LogP contribution in [0.4, 0.5) is 0 Å². The van der Waals surface area contributed by atoms with Gasteiger partial charge in [0.15, 0.2) is 0 Å². The minimum atomic E-state index is -0.406. The summed E-state index contributed by atoms with van der Waals surface area (Å²) in [4.78, 5) is 29.9. The molecule has 0 saturated heterocycles. The van der Waals surface area contributed by atoms with E-state index in [2.05, 4.69) is 11.9 Å². The highest BCUT2D eigenvalue weighted by atomic mass is 32.1. The summed E-state index contributed by atoms with van der Waals surface area (Å²) in [6, 6.07) is 8.02. The molecule has 0 unspecified atom stereocenters. The number of rotatable bonds is 7. The molecule has 0 radical (unpaired) electrons. The Morgan fingerprint density at radius 3 is 2.73 bits per heavy atom. The van der Waals surface area contributed by atoms with E-state index in [1.165, 1.54) is 22.2 Å². The Hall–Kier alpha value is -2.47. The summed E-state index contributed by atoms with van der Waals surface area (Å²) >= 11 is 1.43. The molecule has 26 heavy (non-hydrogen) atoms. The normalized spacial score (nSPS) is 11.0.